The van der Waals surface area contributed by atoms with Crippen LogP contribution in [0.1, 0.15) is 41.3 Å². The number of ether oxygens (including phenoxy) is 1. The van der Waals surface area contributed by atoms with E-state index < -0.39 is 30.2 Å². The monoisotopic (exact) mass is 400 g/mol. The second-order valence-electron chi connectivity index (χ2n) is 6.85. The van der Waals surface area contributed by atoms with Gasteiger partial charge in [-0.15, -0.1) is 0 Å². The van der Waals surface area contributed by atoms with E-state index in [1.807, 2.05) is 12.1 Å². The number of carbonyl (C=O) groups excluding carboxylic acids is 3. The summed E-state index contributed by atoms with van der Waals surface area (Å²) in [7, 11) is 0. The second kappa shape index (κ2) is 10.9. The van der Waals surface area contributed by atoms with Crippen LogP contribution in [-0.2, 0) is 20.7 Å². The highest BCUT2D eigenvalue weighted by molar-refractivity contribution is 5.96. The molecular formula is C22H25FN2O4. The predicted molar refractivity (Wildman–Crippen MR) is 107 cm³/mol. The van der Waals surface area contributed by atoms with Crippen molar-refractivity contribution in [3.8, 4) is 0 Å². The summed E-state index contributed by atoms with van der Waals surface area (Å²) in [5.41, 5.74) is 2.59. The van der Waals surface area contributed by atoms with E-state index in [1.165, 1.54) is 17.7 Å². The Bertz CT molecular complexity index is 833. The summed E-state index contributed by atoms with van der Waals surface area (Å²) in [5, 5.41) is 5.03. The fraction of sp³-hybridized carbons (Fsp3) is 0.318. The van der Waals surface area contributed by atoms with Crippen molar-refractivity contribution in [2.45, 2.75) is 26.2 Å². The molecule has 2 N–H and O–H groups in total. The molecule has 7 heteroatoms. The Morgan fingerprint density at radius 2 is 1.62 bits per heavy atom. The van der Waals surface area contributed by atoms with Gasteiger partial charge in [-0.05, 0) is 47.7 Å². The average molecular weight is 400 g/mol. The number of carbonyl (C=O) groups is 3. The first kappa shape index (κ1) is 22.1. The topological polar surface area (TPSA) is 84.5 Å². The Hall–Kier alpha value is -3.22. The first-order valence-corrected chi connectivity index (χ1v) is 9.40. The molecule has 0 fully saturated rings. The molecule has 29 heavy (non-hydrogen) atoms. The third kappa shape index (κ3) is 7.73. The number of esters is 1. The lowest BCUT2D eigenvalue weighted by Gasteiger charge is -2.09. The van der Waals surface area contributed by atoms with Crippen molar-refractivity contribution in [2.75, 3.05) is 19.7 Å². The number of halogens is 1. The highest BCUT2D eigenvalue weighted by Gasteiger charge is 2.11. The van der Waals surface area contributed by atoms with Crippen LogP contribution < -0.4 is 10.6 Å². The number of hydrogen-bond acceptors (Lipinski definition) is 4. The van der Waals surface area contributed by atoms with Crippen LogP contribution in [0.25, 0.3) is 0 Å². The molecule has 2 aromatic carbocycles. The number of amides is 2. The van der Waals surface area contributed by atoms with Gasteiger partial charge in [0.25, 0.3) is 11.8 Å². The molecular weight excluding hydrogens is 375 g/mol. The molecule has 0 atom stereocenters. The maximum absolute atomic E-state index is 12.8. The minimum absolute atomic E-state index is 0.221. The zero-order valence-electron chi connectivity index (χ0n) is 16.5. The van der Waals surface area contributed by atoms with E-state index in [0.717, 1.165) is 17.7 Å². The lowest BCUT2D eigenvalue weighted by molar-refractivity contribution is -0.147. The van der Waals surface area contributed by atoms with Crippen LogP contribution in [0.15, 0.2) is 48.5 Å². The van der Waals surface area contributed by atoms with E-state index >= 15 is 0 Å². The molecule has 0 heterocycles. The Balaban J connectivity index is 1.62. The van der Waals surface area contributed by atoms with Crippen molar-refractivity contribution < 1.29 is 23.5 Å². The number of benzene rings is 2. The van der Waals surface area contributed by atoms with Crippen LogP contribution in [0.2, 0.25) is 0 Å². The van der Waals surface area contributed by atoms with Crippen molar-refractivity contribution in [3.63, 3.8) is 0 Å². The first-order valence-electron chi connectivity index (χ1n) is 9.40. The van der Waals surface area contributed by atoms with Crippen LogP contribution in [-0.4, -0.2) is 37.5 Å². The minimum atomic E-state index is -0.736. The van der Waals surface area contributed by atoms with Gasteiger partial charge in [-0.1, -0.05) is 38.1 Å². The van der Waals surface area contributed by atoms with E-state index in [9.17, 15) is 18.8 Å². The standard InChI is InChI=1S/C22H25FN2O4/c1-15(2)17-5-3-16(4-6-17)11-12-24-20(26)14-29-21(27)13-25-22(28)18-7-9-19(23)10-8-18/h3-10,15H,11-14H2,1-2H3,(H,24,26)(H,25,28). The molecule has 0 aliphatic carbocycles. The molecule has 0 radical (unpaired) electrons. The summed E-state index contributed by atoms with van der Waals surface area (Å²) < 4.78 is 17.7. The van der Waals surface area contributed by atoms with Gasteiger partial charge in [0.15, 0.2) is 6.61 Å². The van der Waals surface area contributed by atoms with Gasteiger partial charge in [0.05, 0.1) is 0 Å². The van der Waals surface area contributed by atoms with E-state index in [0.29, 0.717) is 18.9 Å². The van der Waals surface area contributed by atoms with Crippen LogP contribution in [0.4, 0.5) is 4.39 Å². The van der Waals surface area contributed by atoms with E-state index in [1.54, 1.807) is 0 Å². The Kier molecular flexibility index (Phi) is 8.33. The molecule has 154 valence electrons. The second-order valence-corrected chi connectivity index (χ2v) is 6.85. The zero-order valence-corrected chi connectivity index (χ0v) is 16.5. The van der Waals surface area contributed by atoms with Crippen molar-refractivity contribution in [1.82, 2.24) is 10.6 Å². The highest BCUT2D eigenvalue weighted by Crippen LogP contribution is 2.14. The number of nitrogens with one attached hydrogen (secondary N) is 2. The number of hydrogen-bond donors (Lipinski definition) is 2. The molecule has 0 spiro atoms. The Morgan fingerprint density at radius 1 is 0.966 bits per heavy atom. The summed E-state index contributed by atoms with van der Waals surface area (Å²) in [5.74, 6) is -1.67. The third-order valence-electron chi connectivity index (χ3n) is 4.25. The molecule has 2 amide bonds. The van der Waals surface area contributed by atoms with Gasteiger partial charge in [0.1, 0.15) is 12.4 Å². The van der Waals surface area contributed by atoms with Gasteiger partial charge in [-0.3, -0.25) is 14.4 Å². The predicted octanol–water partition coefficient (Wildman–Crippen LogP) is 2.58. The molecule has 0 aliphatic rings. The molecule has 0 bridgehead atoms. The molecule has 0 saturated carbocycles. The Labute approximate surface area is 169 Å². The van der Waals surface area contributed by atoms with Crippen molar-refractivity contribution >= 4 is 17.8 Å². The van der Waals surface area contributed by atoms with Gasteiger partial charge >= 0.3 is 5.97 Å². The third-order valence-corrected chi connectivity index (χ3v) is 4.25. The lowest BCUT2D eigenvalue weighted by Crippen LogP contribution is -2.34. The molecule has 0 unspecified atom stereocenters. The van der Waals surface area contributed by atoms with E-state index in [4.69, 9.17) is 4.74 Å². The first-order chi connectivity index (χ1) is 13.8. The summed E-state index contributed by atoms with van der Waals surface area (Å²) in [6.45, 7) is 3.89. The molecule has 0 aromatic heterocycles. The van der Waals surface area contributed by atoms with Gasteiger partial charge in [0, 0.05) is 12.1 Å². The highest BCUT2D eigenvalue weighted by atomic mass is 19.1. The molecule has 2 aromatic rings. The van der Waals surface area contributed by atoms with Crippen LogP contribution in [0, 0.1) is 5.82 Å². The van der Waals surface area contributed by atoms with Crippen LogP contribution in [0.3, 0.4) is 0 Å². The van der Waals surface area contributed by atoms with Gasteiger partial charge < -0.3 is 15.4 Å². The largest absolute Gasteiger partial charge is 0.454 e. The maximum Gasteiger partial charge on any atom is 0.325 e. The average Bonchev–Trinajstić information content (AvgIpc) is 2.71. The van der Waals surface area contributed by atoms with Gasteiger partial charge in [-0.2, -0.15) is 0 Å². The quantitative estimate of drug-likeness (QED) is 0.634. The molecule has 6 nitrogen and oxygen atoms in total. The van der Waals surface area contributed by atoms with E-state index in [2.05, 4.69) is 36.6 Å². The minimum Gasteiger partial charge on any atom is -0.454 e. The number of rotatable bonds is 9. The van der Waals surface area contributed by atoms with Gasteiger partial charge in [0.2, 0.25) is 0 Å². The molecule has 0 aliphatic heterocycles. The smallest absolute Gasteiger partial charge is 0.325 e. The normalized spacial score (nSPS) is 10.5. The molecule has 2 rings (SSSR count). The Morgan fingerprint density at radius 3 is 2.24 bits per heavy atom. The fourth-order valence-corrected chi connectivity index (χ4v) is 2.52. The zero-order chi connectivity index (χ0) is 21.2. The summed E-state index contributed by atoms with van der Waals surface area (Å²) in [6.07, 6.45) is 0.672. The van der Waals surface area contributed by atoms with Crippen molar-refractivity contribution in [3.05, 3.63) is 71.0 Å². The SMILES string of the molecule is CC(C)c1ccc(CCNC(=O)COC(=O)CNC(=O)c2ccc(F)cc2)cc1. The fourth-order valence-electron chi connectivity index (χ4n) is 2.52. The van der Waals surface area contributed by atoms with E-state index in [-0.39, 0.29) is 12.1 Å². The van der Waals surface area contributed by atoms with Crippen molar-refractivity contribution in [2.24, 2.45) is 0 Å². The van der Waals surface area contributed by atoms with Crippen LogP contribution in [0.5, 0.6) is 0 Å². The summed E-state index contributed by atoms with van der Waals surface area (Å²) >= 11 is 0. The lowest BCUT2D eigenvalue weighted by atomic mass is 10.0. The summed E-state index contributed by atoms with van der Waals surface area (Å²) in [6, 6.07) is 13.1. The maximum atomic E-state index is 12.8. The van der Waals surface area contributed by atoms with Crippen LogP contribution >= 0.6 is 0 Å². The van der Waals surface area contributed by atoms with Gasteiger partial charge in [-0.25, -0.2) is 4.39 Å². The molecule has 0 saturated heterocycles. The van der Waals surface area contributed by atoms with Crippen molar-refractivity contribution in [1.29, 1.82) is 0 Å². The summed E-state index contributed by atoms with van der Waals surface area (Å²) in [4.78, 5) is 35.2.